The molecule has 100 valence electrons. The molecule has 0 bridgehead atoms. The molecule has 0 fully saturated rings. The molecule has 0 aliphatic heterocycles. The monoisotopic (exact) mass is 263 g/mol. The van der Waals surface area contributed by atoms with Crippen LogP contribution in [0.1, 0.15) is 25.5 Å². The third kappa shape index (κ3) is 2.23. The summed E-state index contributed by atoms with van der Waals surface area (Å²) in [6.07, 6.45) is 0. The molecular formula is C17H17N3. The molecule has 0 spiro atoms. The third-order valence-electron chi connectivity index (χ3n) is 3.42. The van der Waals surface area contributed by atoms with Crippen molar-refractivity contribution in [1.82, 2.24) is 9.97 Å². The Kier molecular flexibility index (Phi) is 3.11. The number of nitrogens with two attached hydrogens (primary N) is 1. The summed E-state index contributed by atoms with van der Waals surface area (Å²) in [6.45, 7) is 4.21. The van der Waals surface area contributed by atoms with Crippen LogP contribution in [0.2, 0.25) is 0 Å². The zero-order valence-corrected chi connectivity index (χ0v) is 11.7. The summed E-state index contributed by atoms with van der Waals surface area (Å²) in [5.74, 6) is 0.660. The van der Waals surface area contributed by atoms with Gasteiger partial charge in [0.2, 0.25) is 5.95 Å². The van der Waals surface area contributed by atoms with E-state index in [4.69, 9.17) is 5.73 Å². The molecule has 1 heterocycles. The van der Waals surface area contributed by atoms with Crippen LogP contribution >= 0.6 is 0 Å². The quantitative estimate of drug-likeness (QED) is 0.760. The van der Waals surface area contributed by atoms with Gasteiger partial charge in [-0.05, 0) is 22.8 Å². The van der Waals surface area contributed by atoms with E-state index in [-0.39, 0.29) is 0 Å². The van der Waals surface area contributed by atoms with Crippen LogP contribution in [-0.4, -0.2) is 9.97 Å². The molecule has 0 aliphatic rings. The van der Waals surface area contributed by atoms with Crippen LogP contribution in [0, 0.1) is 0 Å². The van der Waals surface area contributed by atoms with Crippen LogP contribution in [0.15, 0.2) is 48.5 Å². The lowest BCUT2D eigenvalue weighted by Gasteiger charge is -2.10. The molecule has 0 saturated heterocycles. The number of hydrogen-bond acceptors (Lipinski definition) is 3. The molecule has 2 aromatic carbocycles. The van der Waals surface area contributed by atoms with Gasteiger partial charge in [0, 0.05) is 11.3 Å². The summed E-state index contributed by atoms with van der Waals surface area (Å²) < 4.78 is 0. The van der Waals surface area contributed by atoms with E-state index in [9.17, 15) is 0 Å². The Labute approximate surface area is 118 Å². The molecule has 3 heteroatoms. The van der Waals surface area contributed by atoms with Gasteiger partial charge in [0.05, 0.1) is 5.69 Å². The van der Waals surface area contributed by atoms with Gasteiger partial charge in [0.25, 0.3) is 0 Å². The minimum atomic E-state index is 0.328. The van der Waals surface area contributed by atoms with E-state index in [1.54, 1.807) is 0 Å². The average molecular weight is 263 g/mol. The van der Waals surface area contributed by atoms with Crippen molar-refractivity contribution in [3.63, 3.8) is 0 Å². The van der Waals surface area contributed by atoms with Gasteiger partial charge in [-0.3, -0.25) is 0 Å². The second-order valence-electron chi connectivity index (χ2n) is 5.22. The van der Waals surface area contributed by atoms with Crippen molar-refractivity contribution in [2.45, 2.75) is 19.8 Å². The molecule has 0 unspecified atom stereocenters. The molecule has 0 radical (unpaired) electrons. The lowest BCUT2D eigenvalue weighted by atomic mass is 10.0. The molecule has 0 amide bonds. The highest BCUT2D eigenvalue weighted by atomic mass is 15.0. The van der Waals surface area contributed by atoms with Gasteiger partial charge in [-0.2, -0.15) is 0 Å². The van der Waals surface area contributed by atoms with Gasteiger partial charge in [-0.15, -0.1) is 0 Å². The first-order valence-corrected chi connectivity index (χ1v) is 6.78. The minimum Gasteiger partial charge on any atom is -0.368 e. The Balaban J connectivity index is 2.25. The van der Waals surface area contributed by atoms with E-state index < -0.39 is 0 Å². The number of fused-ring (bicyclic) bond motifs is 1. The molecular weight excluding hydrogens is 246 g/mol. The number of anilines is 1. The maximum absolute atomic E-state index is 5.86. The highest BCUT2D eigenvalue weighted by Gasteiger charge is 2.10. The predicted molar refractivity (Wildman–Crippen MR) is 83.5 cm³/mol. The maximum atomic E-state index is 5.86. The summed E-state index contributed by atoms with van der Waals surface area (Å²) in [7, 11) is 0. The van der Waals surface area contributed by atoms with E-state index in [1.165, 1.54) is 10.8 Å². The van der Waals surface area contributed by atoms with Gasteiger partial charge >= 0.3 is 0 Å². The summed E-state index contributed by atoms with van der Waals surface area (Å²) >= 11 is 0. The molecule has 20 heavy (non-hydrogen) atoms. The Bertz CT molecular complexity index is 758. The van der Waals surface area contributed by atoms with E-state index in [0.717, 1.165) is 17.0 Å². The molecule has 0 atom stereocenters. The average Bonchev–Trinajstić information content (AvgIpc) is 2.46. The third-order valence-corrected chi connectivity index (χ3v) is 3.42. The van der Waals surface area contributed by atoms with Crippen LogP contribution in [-0.2, 0) is 0 Å². The lowest BCUT2D eigenvalue weighted by molar-refractivity contribution is 0.819. The normalized spacial score (nSPS) is 11.2. The Morgan fingerprint density at radius 2 is 1.70 bits per heavy atom. The fraction of sp³-hybridized carbons (Fsp3) is 0.176. The summed E-state index contributed by atoms with van der Waals surface area (Å²) in [6, 6.07) is 16.6. The fourth-order valence-corrected chi connectivity index (χ4v) is 2.37. The largest absolute Gasteiger partial charge is 0.368 e. The van der Waals surface area contributed by atoms with E-state index in [0.29, 0.717) is 11.9 Å². The molecule has 3 rings (SSSR count). The van der Waals surface area contributed by atoms with Gasteiger partial charge in [0.15, 0.2) is 0 Å². The number of nitrogen functional groups attached to an aromatic ring is 1. The van der Waals surface area contributed by atoms with Crippen LogP contribution in [0.4, 0.5) is 5.95 Å². The zero-order valence-electron chi connectivity index (χ0n) is 11.7. The topological polar surface area (TPSA) is 51.8 Å². The first-order valence-electron chi connectivity index (χ1n) is 6.78. The van der Waals surface area contributed by atoms with Crippen LogP contribution < -0.4 is 5.73 Å². The Hall–Kier alpha value is -2.42. The first kappa shape index (κ1) is 12.6. The number of hydrogen-bond donors (Lipinski definition) is 1. The number of nitrogens with zero attached hydrogens (tertiary/aromatic N) is 2. The molecule has 3 aromatic rings. The van der Waals surface area contributed by atoms with Gasteiger partial charge in [0.1, 0.15) is 0 Å². The zero-order chi connectivity index (χ0) is 14.1. The second kappa shape index (κ2) is 4.93. The fourth-order valence-electron chi connectivity index (χ4n) is 2.37. The lowest BCUT2D eigenvalue weighted by Crippen LogP contribution is -2.02. The molecule has 0 saturated carbocycles. The Morgan fingerprint density at radius 1 is 0.950 bits per heavy atom. The predicted octanol–water partition coefficient (Wildman–Crippen LogP) is 4.00. The molecule has 2 N–H and O–H groups in total. The molecule has 0 aliphatic carbocycles. The van der Waals surface area contributed by atoms with Gasteiger partial charge < -0.3 is 5.73 Å². The summed E-state index contributed by atoms with van der Waals surface area (Å²) in [4.78, 5) is 8.71. The minimum absolute atomic E-state index is 0.328. The number of benzene rings is 2. The van der Waals surface area contributed by atoms with Crippen LogP contribution in [0.3, 0.4) is 0 Å². The molecule has 3 nitrogen and oxygen atoms in total. The summed E-state index contributed by atoms with van der Waals surface area (Å²) in [5, 5.41) is 2.39. The van der Waals surface area contributed by atoms with Crippen molar-refractivity contribution in [3.05, 3.63) is 54.2 Å². The summed E-state index contributed by atoms with van der Waals surface area (Å²) in [5.41, 5.74) is 8.81. The SMILES string of the molecule is CC(C)c1cc(-c2cccc3ccccc23)nc(N)n1. The molecule has 1 aromatic heterocycles. The highest BCUT2D eigenvalue weighted by molar-refractivity contribution is 5.95. The van der Waals surface area contributed by atoms with E-state index in [1.807, 2.05) is 24.3 Å². The number of aromatic nitrogens is 2. The first-order chi connectivity index (χ1) is 9.65. The highest BCUT2D eigenvalue weighted by Crippen LogP contribution is 2.29. The van der Waals surface area contributed by atoms with Crippen molar-refractivity contribution in [2.75, 3.05) is 5.73 Å². The van der Waals surface area contributed by atoms with Crippen molar-refractivity contribution >= 4 is 16.7 Å². The smallest absolute Gasteiger partial charge is 0.220 e. The van der Waals surface area contributed by atoms with Crippen molar-refractivity contribution in [1.29, 1.82) is 0 Å². The van der Waals surface area contributed by atoms with Crippen molar-refractivity contribution < 1.29 is 0 Å². The van der Waals surface area contributed by atoms with Crippen LogP contribution in [0.25, 0.3) is 22.0 Å². The standard InChI is InChI=1S/C17H17N3/c1-11(2)15-10-16(20-17(18)19-15)14-9-5-7-12-6-3-4-8-13(12)14/h3-11H,1-2H3,(H2,18,19,20). The van der Waals surface area contributed by atoms with Crippen molar-refractivity contribution in [2.24, 2.45) is 0 Å². The van der Waals surface area contributed by atoms with E-state index in [2.05, 4.69) is 48.1 Å². The Morgan fingerprint density at radius 3 is 2.50 bits per heavy atom. The maximum Gasteiger partial charge on any atom is 0.220 e. The van der Waals surface area contributed by atoms with Gasteiger partial charge in [-0.1, -0.05) is 56.3 Å². The second-order valence-corrected chi connectivity index (χ2v) is 5.22. The van der Waals surface area contributed by atoms with E-state index >= 15 is 0 Å². The number of rotatable bonds is 2. The van der Waals surface area contributed by atoms with Crippen molar-refractivity contribution in [3.8, 4) is 11.3 Å². The van der Waals surface area contributed by atoms with Crippen LogP contribution in [0.5, 0.6) is 0 Å². The van der Waals surface area contributed by atoms with Gasteiger partial charge in [-0.25, -0.2) is 9.97 Å².